The molecule has 0 aliphatic heterocycles. The number of Topliss-reactive ketones (excluding diaryl/α,β-unsaturated/α-hetero) is 1. The third kappa shape index (κ3) is 5.74. The first-order valence-corrected chi connectivity index (χ1v) is 9.41. The maximum atomic E-state index is 12.2. The Morgan fingerprint density at radius 3 is 2.61 bits per heavy atom. The van der Waals surface area contributed by atoms with Gasteiger partial charge in [0.2, 0.25) is 5.91 Å². The molecule has 2 rings (SSSR count). The van der Waals surface area contributed by atoms with E-state index in [9.17, 15) is 14.7 Å². The van der Waals surface area contributed by atoms with Gasteiger partial charge in [-0.25, -0.2) is 0 Å². The Hall–Kier alpha value is -1.20. The summed E-state index contributed by atoms with van der Waals surface area (Å²) in [5.74, 6) is 0.431. The fraction of sp³-hybridized carbons (Fsp3) is 0.667. The number of thiophene rings is 1. The summed E-state index contributed by atoms with van der Waals surface area (Å²) >= 11 is 1.48. The van der Waals surface area contributed by atoms with Gasteiger partial charge in [-0.2, -0.15) is 0 Å². The van der Waals surface area contributed by atoms with Gasteiger partial charge in [-0.3, -0.25) is 9.59 Å². The third-order valence-electron chi connectivity index (χ3n) is 4.60. The van der Waals surface area contributed by atoms with Crippen LogP contribution in [0.1, 0.15) is 65.9 Å². The second-order valence-corrected chi connectivity index (χ2v) is 7.71. The molecule has 5 heteroatoms. The molecule has 0 radical (unpaired) electrons. The van der Waals surface area contributed by atoms with Gasteiger partial charge >= 0.3 is 0 Å². The predicted octanol–water partition coefficient (Wildman–Crippen LogP) is 3.47. The number of hydrogen-bond acceptors (Lipinski definition) is 4. The van der Waals surface area contributed by atoms with Gasteiger partial charge in [0.1, 0.15) is 0 Å². The second-order valence-electron chi connectivity index (χ2n) is 6.42. The average Bonchev–Trinajstić information content (AvgIpc) is 2.99. The standard InChI is InChI=1S/C18H27NO3S/c1-13-7-9-17(23-13)16(21)8-10-18(22)19-15(11-12-20)14-5-3-2-4-6-14/h7,9,14-15,20H,2-6,8,10-12H2,1H3,(H,19,22). The molecule has 0 bridgehead atoms. The molecule has 0 aromatic carbocycles. The smallest absolute Gasteiger partial charge is 0.220 e. The summed E-state index contributed by atoms with van der Waals surface area (Å²) in [6.07, 6.45) is 7.01. The number of ketones is 1. The Balaban J connectivity index is 1.80. The monoisotopic (exact) mass is 337 g/mol. The second kappa shape index (κ2) is 9.18. The topological polar surface area (TPSA) is 66.4 Å². The molecule has 0 spiro atoms. The van der Waals surface area contributed by atoms with Crippen LogP contribution in [0.4, 0.5) is 0 Å². The van der Waals surface area contributed by atoms with E-state index in [0.29, 0.717) is 12.3 Å². The molecular formula is C18H27NO3S. The number of hydrogen-bond donors (Lipinski definition) is 2. The average molecular weight is 337 g/mol. The number of amides is 1. The van der Waals surface area contributed by atoms with E-state index in [2.05, 4.69) is 5.32 Å². The normalized spacial score (nSPS) is 17.0. The summed E-state index contributed by atoms with van der Waals surface area (Å²) in [6.45, 7) is 2.06. The van der Waals surface area contributed by atoms with Gasteiger partial charge in [0.05, 0.1) is 4.88 Å². The molecule has 1 fully saturated rings. The van der Waals surface area contributed by atoms with Crippen molar-refractivity contribution >= 4 is 23.0 Å². The van der Waals surface area contributed by atoms with Crippen LogP contribution in [0.5, 0.6) is 0 Å². The van der Waals surface area contributed by atoms with E-state index >= 15 is 0 Å². The lowest BCUT2D eigenvalue weighted by molar-refractivity contribution is -0.122. The van der Waals surface area contributed by atoms with E-state index in [1.54, 1.807) is 0 Å². The number of carbonyl (C=O) groups excluding carboxylic acids is 2. The fourth-order valence-corrected chi connectivity index (χ4v) is 4.15. The van der Waals surface area contributed by atoms with Gasteiger partial charge in [-0.05, 0) is 44.2 Å². The van der Waals surface area contributed by atoms with Crippen LogP contribution in [0, 0.1) is 12.8 Å². The molecule has 1 unspecified atom stereocenters. The molecule has 1 aromatic rings. The SMILES string of the molecule is Cc1ccc(C(=O)CCC(=O)NC(CCO)C2CCCCC2)s1. The summed E-state index contributed by atoms with van der Waals surface area (Å²) in [7, 11) is 0. The minimum Gasteiger partial charge on any atom is -0.396 e. The molecule has 4 nitrogen and oxygen atoms in total. The number of aryl methyl sites for hydroxylation is 1. The van der Waals surface area contributed by atoms with Crippen LogP contribution in [0.15, 0.2) is 12.1 Å². The van der Waals surface area contributed by atoms with Crippen molar-refractivity contribution in [3.8, 4) is 0 Å². The zero-order valence-electron chi connectivity index (χ0n) is 13.8. The fourth-order valence-electron chi connectivity index (χ4n) is 3.31. The number of rotatable bonds is 8. The molecule has 23 heavy (non-hydrogen) atoms. The molecular weight excluding hydrogens is 310 g/mol. The quantitative estimate of drug-likeness (QED) is 0.714. The van der Waals surface area contributed by atoms with Crippen LogP contribution in [0.3, 0.4) is 0 Å². The van der Waals surface area contributed by atoms with Gasteiger partial charge in [-0.1, -0.05) is 19.3 Å². The summed E-state index contributed by atoms with van der Waals surface area (Å²) in [5, 5.41) is 12.3. The highest BCUT2D eigenvalue weighted by Gasteiger charge is 2.24. The molecule has 2 N–H and O–H groups in total. The van der Waals surface area contributed by atoms with Crippen LogP contribution in [0.2, 0.25) is 0 Å². The van der Waals surface area contributed by atoms with Crippen molar-refractivity contribution in [3.05, 3.63) is 21.9 Å². The van der Waals surface area contributed by atoms with Gasteiger partial charge < -0.3 is 10.4 Å². The van der Waals surface area contributed by atoms with Crippen molar-refractivity contribution in [1.29, 1.82) is 0 Å². The first kappa shape index (κ1) is 18.1. The number of aliphatic hydroxyl groups is 1. The van der Waals surface area contributed by atoms with Crippen molar-refractivity contribution in [2.75, 3.05) is 6.61 Å². The van der Waals surface area contributed by atoms with Crippen molar-refractivity contribution in [2.45, 2.75) is 64.3 Å². The minimum atomic E-state index is -0.0735. The van der Waals surface area contributed by atoms with Crippen LogP contribution in [-0.2, 0) is 4.79 Å². The van der Waals surface area contributed by atoms with Crippen molar-refractivity contribution in [1.82, 2.24) is 5.32 Å². The minimum absolute atomic E-state index is 0.0367. The Morgan fingerprint density at radius 2 is 2.00 bits per heavy atom. The highest BCUT2D eigenvalue weighted by atomic mass is 32.1. The van der Waals surface area contributed by atoms with Crippen LogP contribution in [-0.4, -0.2) is 29.4 Å². The molecule has 1 aliphatic carbocycles. The van der Waals surface area contributed by atoms with E-state index in [0.717, 1.165) is 22.6 Å². The lowest BCUT2D eigenvalue weighted by Crippen LogP contribution is -2.41. The summed E-state index contributed by atoms with van der Waals surface area (Å²) in [4.78, 5) is 26.1. The number of aliphatic hydroxyl groups excluding tert-OH is 1. The van der Waals surface area contributed by atoms with Gasteiger partial charge in [0.15, 0.2) is 5.78 Å². The Bertz CT molecular complexity index is 520. The van der Waals surface area contributed by atoms with Crippen molar-refractivity contribution in [2.24, 2.45) is 5.92 Å². The molecule has 0 saturated heterocycles. The van der Waals surface area contributed by atoms with E-state index in [-0.39, 0.29) is 37.2 Å². The Kier molecular flexibility index (Phi) is 7.24. The maximum Gasteiger partial charge on any atom is 0.220 e. The molecule has 1 saturated carbocycles. The predicted molar refractivity (Wildman–Crippen MR) is 92.8 cm³/mol. The largest absolute Gasteiger partial charge is 0.396 e. The molecule has 1 atom stereocenters. The molecule has 1 aromatic heterocycles. The first-order valence-electron chi connectivity index (χ1n) is 8.60. The lowest BCUT2D eigenvalue weighted by Gasteiger charge is -2.30. The van der Waals surface area contributed by atoms with Gasteiger partial charge in [0, 0.05) is 30.4 Å². The van der Waals surface area contributed by atoms with Gasteiger partial charge in [0.25, 0.3) is 0 Å². The lowest BCUT2D eigenvalue weighted by atomic mass is 9.82. The van der Waals surface area contributed by atoms with E-state index < -0.39 is 0 Å². The summed E-state index contributed by atoms with van der Waals surface area (Å²) in [6, 6.07) is 3.81. The maximum absolute atomic E-state index is 12.2. The molecule has 128 valence electrons. The molecule has 1 amide bonds. The summed E-state index contributed by atoms with van der Waals surface area (Å²) in [5.41, 5.74) is 0. The highest BCUT2D eigenvalue weighted by molar-refractivity contribution is 7.14. The number of carbonyl (C=O) groups is 2. The Morgan fingerprint density at radius 1 is 1.26 bits per heavy atom. The number of nitrogens with one attached hydrogen (secondary N) is 1. The molecule has 1 aliphatic rings. The first-order chi connectivity index (χ1) is 11.1. The van der Waals surface area contributed by atoms with Crippen LogP contribution >= 0.6 is 11.3 Å². The van der Waals surface area contributed by atoms with Gasteiger partial charge in [-0.15, -0.1) is 11.3 Å². The van der Waals surface area contributed by atoms with Crippen molar-refractivity contribution in [3.63, 3.8) is 0 Å². The zero-order valence-corrected chi connectivity index (χ0v) is 14.7. The summed E-state index contributed by atoms with van der Waals surface area (Å²) < 4.78 is 0. The van der Waals surface area contributed by atoms with Crippen molar-refractivity contribution < 1.29 is 14.7 Å². The van der Waals surface area contributed by atoms with Crippen LogP contribution in [0.25, 0.3) is 0 Å². The highest BCUT2D eigenvalue weighted by Crippen LogP contribution is 2.27. The zero-order chi connectivity index (χ0) is 16.7. The third-order valence-corrected chi connectivity index (χ3v) is 5.64. The van der Waals surface area contributed by atoms with E-state index in [4.69, 9.17) is 0 Å². The van der Waals surface area contributed by atoms with Crippen LogP contribution < -0.4 is 5.32 Å². The van der Waals surface area contributed by atoms with E-state index in [1.807, 2.05) is 19.1 Å². The Labute approximate surface area is 142 Å². The molecule has 1 heterocycles. The van der Waals surface area contributed by atoms with E-state index in [1.165, 1.54) is 30.6 Å².